The van der Waals surface area contributed by atoms with E-state index in [0.29, 0.717) is 211 Å². The Kier molecular flexibility index (Phi) is 45.0. The second-order valence-electron chi connectivity index (χ2n) is 13.5. The van der Waals surface area contributed by atoms with Crippen molar-refractivity contribution >= 4 is 0 Å². The van der Waals surface area contributed by atoms with Crippen LogP contribution in [0.5, 0.6) is 0 Å². The van der Waals surface area contributed by atoms with Gasteiger partial charge in [-0.05, 0) is 38.5 Å². The molecule has 0 N–H and O–H groups in total. The Morgan fingerprint density at radius 2 is 0.377 bits per heavy atom. The molecule has 0 amide bonds. The van der Waals surface area contributed by atoms with E-state index in [0.717, 1.165) is 51.7 Å². The summed E-state index contributed by atoms with van der Waals surface area (Å²) in [6.07, 6.45) is 6.35. The van der Waals surface area contributed by atoms with Crippen LogP contribution in [0.2, 0.25) is 0 Å². The highest BCUT2D eigenvalue weighted by Gasteiger charge is 2.14. The molecule has 2 atom stereocenters. The van der Waals surface area contributed by atoms with Gasteiger partial charge in [0, 0.05) is 13.2 Å². The average Bonchev–Trinajstić information content (AvgIpc) is 3.29. The van der Waals surface area contributed by atoms with Crippen LogP contribution >= 0.6 is 0 Å². The summed E-state index contributed by atoms with van der Waals surface area (Å²) in [7, 11) is 0. The summed E-state index contributed by atoms with van der Waals surface area (Å²) in [4.78, 5) is 0. The van der Waals surface area contributed by atoms with E-state index in [2.05, 4.69) is 0 Å². The first-order valence-electron chi connectivity index (χ1n) is 22.6. The zero-order chi connectivity index (χ0) is 42.9. The molecule has 2 heterocycles. The van der Waals surface area contributed by atoms with Crippen molar-refractivity contribution < 1.29 is 90.0 Å². The van der Waals surface area contributed by atoms with Gasteiger partial charge in [-0.2, -0.15) is 0 Å². The van der Waals surface area contributed by atoms with Crippen molar-refractivity contribution in [3.63, 3.8) is 0 Å². The van der Waals surface area contributed by atoms with Gasteiger partial charge in [-0.3, -0.25) is 0 Å². The molecule has 0 saturated carbocycles. The van der Waals surface area contributed by atoms with Gasteiger partial charge >= 0.3 is 0 Å². The van der Waals surface area contributed by atoms with E-state index in [1.54, 1.807) is 0 Å². The topological polar surface area (TPSA) is 175 Å². The molecule has 0 radical (unpaired) electrons. The minimum atomic E-state index is -0.0706. The van der Waals surface area contributed by atoms with Crippen LogP contribution in [0.25, 0.3) is 0 Å². The molecule has 61 heavy (non-hydrogen) atoms. The molecule has 2 rings (SSSR count). The first kappa shape index (κ1) is 56.4. The van der Waals surface area contributed by atoms with Crippen LogP contribution in [0.3, 0.4) is 0 Å². The second-order valence-corrected chi connectivity index (χ2v) is 13.5. The maximum absolute atomic E-state index is 5.62. The van der Waals surface area contributed by atoms with E-state index in [9.17, 15) is 0 Å². The maximum Gasteiger partial charge on any atom is 0.157 e. The minimum absolute atomic E-state index is 0.0706. The van der Waals surface area contributed by atoms with Gasteiger partial charge in [0.1, 0.15) is 0 Å². The molecular weight excluding hydrogens is 808 g/mol. The molecule has 2 aliphatic rings. The molecule has 0 aromatic carbocycles. The van der Waals surface area contributed by atoms with Gasteiger partial charge < -0.3 is 90.0 Å². The number of rotatable bonds is 50. The van der Waals surface area contributed by atoms with Gasteiger partial charge in [0.15, 0.2) is 12.6 Å². The van der Waals surface area contributed by atoms with Crippen LogP contribution in [0.15, 0.2) is 0 Å². The van der Waals surface area contributed by atoms with Crippen LogP contribution in [0.1, 0.15) is 38.5 Å². The summed E-state index contributed by atoms with van der Waals surface area (Å²) < 4.78 is 105. The first-order chi connectivity index (χ1) is 30.4. The van der Waals surface area contributed by atoms with Crippen molar-refractivity contribution in [2.75, 3.05) is 225 Å². The fourth-order valence-corrected chi connectivity index (χ4v) is 5.34. The van der Waals surface area contributed by atoms with E-state index >= 15 is 0 Å². The monoisotopic (exact) mass is 891 g/mol. The Bertz CT molecular complexity index is 761. The minimum Gasteiger partial charge on any atom is -0.377 e. The normalized spacial score (nSPS) is 17.1. The molecule has 2 fully saturated rings. The highest BCUT2D eigenvalue weighted by atomic mass is 16.7. The lowest BCUT2D eigenvalue weighted by Gasteiger charge is -2.22. The van der Waals surface area contributed by atoms with Crippen molar-refractivity contribution in [2.24, 2.45) is 0 Å². The standard InChI is InChI=1S/C42H82O19/c1-3-7-58-41(5-1)60-39-37-56-35-33-54-31-29-52-27-25-50-23-21-48-19-17-46-15-13-44-11-9-43-10-12-45-14-16-47-18-20-49-22-24-51-26-28-53-30-32-55-34-36-57-38-40-61-42-6-2-4-8-59-42/h41-42H,1-40H2/t41-,42-/m1/s1. The molecule has 2 aliphatic heterocycles. The van der Waals surface area contributed by atoms with Crippen molar-refractivity contribution in [2.45, 2.75) is 51.1 Å². The summed E-state index contributed by atoms with van der Waals surface area (Å²) in [6, 6.07) is 0. The fraction of sp³-hybridized carbons (Fsp3) is 1.00. The fourth-order valence-electron chi connectivity index (χ4n) is 5.34. The third-order valence-corrected chi connectivity index (χ3v) is 8.55. The smallest absolute Gasteiger partial charge is 0.157 e. The molecule has 0 unspecified atom stereocenters. The van der Waals surface area contributed by atoms with Crippen LogP contribution < -0.4 is 0 Å². The lowest BCUT2D eigenvalue weighted by atomic mass is 10.2. The average molecular weight is 891 g/mol. The van der Waals surface area contributed by atoms with Crippen molar-refractivity contribution in [1.29, 1.82) is 0 Å². The van der Waals surface area contributed by atoms with Gasteiger partial charge in [0.05, 0.1) is 211 Å². The van der Waals surface area contributed by atoms with E-state index in [1.165, 1.54) is 0 Å². The van der Waals surface area contributed by atoms with Crippen LogP contribution in [0, 0.1) is 0 Å². The Morgan fingerprint density at radius 1 is 0.213 bits per heavy atom. The number of hydrogen-bond acceptors (Lipinski definition) is 19. The molecule has 0 aliphatic carbocycles. The van der Waals surface area contributed by atoms with Gasteiger partial charge in [0.25, 0.3) is 0 Å². The zero-order valence-electron chi connectivity index (χ0n) is 37.2. The van der Waals surface area contributed by atoms with Gasteiger partial charge in [0.2, 0.25) is 0 Å². The molecule has 0 bridgehead atoms. The lowest BCUT2D eigenvalue weighted by molar-refractivity contribution is -0.169. The Labute approximate surface area is 365 Å². The van der Waals surface area contributed by atoms with Crippen LogP contribution in [-0.4, -0.2) is 237 Å². The highest BCUT2D eigenvalue weighted by Crippen LogP contribution is 2.14. The van der Waals surface area contributed by atoms with Crippen molar-refractivity contribution in [3.05, 3.63) is 0 Å². The van der Waals surface area contributed by atoms with E-state index in [4.69, 9.17) is 90.0 Å². The summed E-state index contributed by atoms with van der Waals surface area (Å²) >= 11 is 0. The third kappa shape index (κ3) is 42.9. The molecule has 2 saturated heterocycles. The van der Waals surface area contributed by atoms with E-state index in [1.807, 2.05) is 0 Å². The second kappa shape index (κ2) is 48.7. The molecule has 0 spiro atoms. The maximum atomic E-state index is 5.62. The summed E-state index contributed by atoms with van der Waals surface area (Å²) in [5.41, 5.74) is 0. The van der Waals surface area contributed by atoms with Crippen molar-refractivity contribution in [1.82, 2.24) is 0 Å². The predicted molar refractivity (Wildman–Crippen MR) is 221 cm³/mol. The largest absolute Gasteiger partial charge is 0.377 e. The molecule has 0 aromatic rings. The Balaban J connectivity index is 1.09. The Hall–Kier alpha value is -0.760. The molecular formula is C42H82O19. The SMILES string of the molecule is C1CC[C@@H](OCCOCCOCCOCCOCCOCCOCCOCCOCCOCCOCCOCCOCCOCCOCCOCCO[C@@H]2CCCCO2)OC1. The summed E-state index contributed by atoms with van der Waals surface area (Å²) in [5, 5.41) is 0. The van der Waals surface area contributed by atoms with Gasteiger partial charge in [-0.1, -0.05) is 0 Å². The van der Waals surface area contributed by atoms with Crippen LogP contribution in [-0.2, 0) is 90.0 Å². The highest BCUT2D eigenvalue weighted by molar-refractivity contribution is 4.55. The number of hydrogen-bond donors (Lipinski definition) is 0. The van der Waals surface area contributed by atoms with E-state index in [-0.39, 0.29) is 12.6 Å². The van der Waals surface area contributed by atoms with Crippen molar-refractivity contribution in [3.8, 4) is 0 Å². The summed E-state index contributed by atoms with van der Waals surface area (Å²) in [6.45, 7) is 18.0. The third-order valence-electron chi connectivity index (χ3n) is 8.55. The quantitative estimate of drug-likeness (QED) is 0.0814. The molecule has 19 nitrogen and oxygen atoms in total. The molecule has 0 aromatic heterocycles. The van der Waals surface area contributed by atoms with Gasteiger partial charge in [-0.15, -0.1) is 0 Å². The predicted octanol–water partition coefficient (Wildman–Crippen LogP) is 2.32. The summed E-state index contributed by atoms with van der Waals surface area (Å²) in [5.74, 6) is 0. The lowest BCUT2D eigenvalue weighted by Crippen LogP contribution is -2.24. The molecule has 19 heteroatoms. The molecule has 364 valence electrons. The van der Waals surface area contributed by atoms with Gasteiger partial charge in [-0.25, -0.2) is 0 Å². The first-order valence-corrected chi connectivity index (χ1v) is 22.6. The zero-order valence-corrected chi connectivity index (χ0v) is 37.2. The number of ether oxygens (including phenoxy) is 19. The van der Waals surface area contributed by atoms with Crippen LogP contribution in [0.4, 0.5) is 0 Å². The van der Waals surface area contributed by atoms with E-state index < -0.39 is 0 Å². The Morgan fingerprint density at radius 3 is 0.525 bits per heavy atom.